The average Bonchev–Trinajstić information content (AvgIpc) is 3.34. The number of hydrogen-bond acceptors (Lipinski definition) is 5. The zero-order valence-electron chi connectivity index (χ0n) is 44.1. The van der Waals surface area contributed by atoms with Gasteiger partial charge in [-0.15, -0.1) is 0 Å². The van der Waals surface area contributed by atoms with E-state index >= 15 is 0 Å². The van der Waals surface area contributed by atoms with Crippen molar-refractivity contribution in [3.63, 3.8) is 0 Å². The average molecular weight is 940 g/mol. The molecule has 0 aromatic heterocycles. The van der Waals surface area contributed by atoms with Crippen LogP contribution in [0.1, 0.15) is 226 Å². The van der Waals surface area contributed by atoms with Gasteiger partial charge in [0, 0.05) is 13.0 Å². The van der Waals surface area contributed by atoms with E-state index < -0.39 is 6.10 Å². The smallest absolute Gasteiger partial charge is 0.310 e. The van der Waals surface area contributed by atoms with Crippen LogP contribution in [0.5, 0.6) is 0 Å². The number of allylic oxidation sites excluding steroid dienone is 21. The molecule has 0 aliphatic carbocycles. The predicted octanol–water partition coefficient (Wildman–Crippen LogP) is 19.1. The highest BCUT2D eigenvalue weighted by molar-refractivity contribution is 5.71. The minimum absolute atomic E-state index is 0.0190. The SMILES string of the molecule is CC/C=C\C/C=C\C/C=C\C/C=C\C/C=C\CCCCCC(=O)OCC(COCCCCCCCCCC/C=C\CCCCCCCC)OC(=O)C/C=C\C/C=C\C/C=C\C/C=C\C/C=C\CC. The van der Waals surface area contributed by atoms with Crippen molar-refractivity contribution in [1.82, 2.24) is 0 Å². The van der Waals surface area contributed by atoms with Gasteiger partial charge in [0.2, 0.25) is 0 Å². The lowest BCUT2D eigenvalue weighted by molar-refractivity contribution is -0.162. The molecule has 5 nitrogen and oxygen atoms in total. The van der Waals surface area contributed by atoms with Gasteiger partial charge in [-0.25, -0.2) is 0 Å². The molecule has 0 spiro atoms. The van der Waals surface area contributed by atoms with Crippen molar-refractivity contribution in [3.8, 4) is 0 Å². The second-order valence-corrected chi connectivity index (χ2v) is 17.7. The molecule has 0 saturated carbocycles. The number of unbranched alkanes of at least 4 members (excludes halogenated alkanes) is 17. The topological polar surface area (TPSA) is 61.8 Å². The van der Waals surface area contributed by atoms with Crippen LogP contribution in [0, 0.1) is 0 Å². The number of rotatable bonds is 49. The fourth-order valence-electron chi connectivity index (χ4n) is 7.14. The van der Waals surface area contributed by atoms with Gasteiger partial charge in [0.05, 0.1) is 13.0 Å². The minimum atomic E-state index is -0.616. The van der Waals surface area contributed by atoms with Crippen LogP contribution < -0.4 is 0 Å². The monoisotopic (exact) mass is 939 g/mol. The summed E-state index contributed by atoms with van der Waals surface area (Å²) in [6.45, 7) is 7.44. The van der Waals surface area contributed by atoms with Crippen molar-refractivity contribution in [2.45, 2.75) is 232 Å². The number of esters is 2. The maximum atomic E-state index is 12.8. The van der Waals surface area contributed by atoms with E-state index in [9.17, 15) is 9.59 Å². The van der Waals surface area contributed by atoms with Gasteiger partial charge in [-0.1, -0.05) is 231 Å². The van der Waals surface area contributed by atoms with Crippen LogP contribution in [0.2, 0.25) is 0 Å². The summed E-state index contributed by atoms with van der Waals surface area (Å²) < 4.78 is 17.3. The van der Waals surface area contributed by atoms with Gasteiger partial charge < -0.3 is 14.2 Å². The Morgan fingerprint density at radius 2 is 0.706 bits per heavy atom. The Kier molecular flexibility index (Phi) is 54.0. The third-order valence-corrected chi connectivity index (χ3v) is 11.2. The molecule has 384 valence electrons. The van der Waals surface area contributed by atoms with Gasteiger partial charge in [-0.05, 0) is 116 Å². The number of carbonyl (C=O) groups is 2. The maximum absolute atomic E-state index is 12.8. The van der Waals surface area contributed by atoms with Gasteiger partial charge in [0.25, 0.3) is 0 Å². The summed E-state index contributed by atoms with van der Waals surface area (Å²) >= 11 is 0. The van der Waals surface area contributed by atoms with Gasteiger partial charge in [-0.3, -0.25) is 9.59 Å². The Labute approximate surface area is 419 Å². The van der Waals surface area contributed by atoms with Crippen molar-refractivity contribution < 1.29 is 23.8 Å². The van der Waals surface area contributed by atoms with Crippen molar-refractivity contribution >= 4 is 11.9 Å². The van der Waals surface area contributed by atoms with Crippen LogP contribution in [0.4, 0.5) is 0 Å². The number of hydrogen-bond donors (Lipinski definition) is 0. The Morgan fingerprint density at radius 3 is 1.15 bits per heavy atom. The Balaban J connectivity index is 4.46. The maximum Gasteiger partial charge on any atom is 0.310 e. The number of carbonyl (C=O) groups excluding carboxylic acids is 2. The van der Waals surface area contributed by atoms with Gasteiger partial charge in [0.15, 0.2) is 6.10 Å². The fraction of sp³-hybridized carbons (Fsp3) is 0.619. The standard InChI is InChI=1S/C63H102O5/c1-4-7-10-13-16-19-22-25-28-30-32-33-36-38-41-44-47-50-53-56-62(64)67-60-61(68-63(65)57-54-51-48-45-42-39-35-27-24-21-18-15-12-9-6-3)59-66-58-55-52-49-46-43-40-37-34-31-29-26-23-20-17-14-11-8-5-2/h7,9-10,12,16,18-19,21,25-29,32-33,35,38,41-42,45,51,54,61H,4-6,8,11,13-15,17,20,22-24,30-31,34,36-37,39-40,43-44,46-50,52-53,55-60H2,1-3H3/b10-7-,12-9-,19-16-,21-18-,28-25-,29-26-,33-32-,35-27-,41-38-,45-42-,54-51-. The normalized spacial score (nSPS) is 13.3. The summed E-state index contributed by atoms with van der Waals surface area (Å²) in [5.41, 5.74) is 0. The third-order valence-electron chi connectivity index (χ3n) is 11.2. The second-order valence-electron chi connectivity index (χ2n) is 17.7. The Morgan fingerprint density at radius 1 is 0.353 bits per heavy atom. The molecule has 0 heterocycles. The van der Waals surface area contributed by atoms with E-state index in [1.165, 1.54) is 89.9 Å². The summed E-state index contributed by atoms with van der Waals surface area (Å²) in [6, 6.07) is 0. The predicted molar refractivity (Wildman–Crippen MR) is 297 cm³/mol. The summed E-state index contributed by atoms with van der Waals surface area (Å²) in [6.07, 6.45) is 82.1. The molecule has 1 atom stereocenters. The summed E-state index contributed by atoms with van der Waals surface area (Å²) in [4.78, 5) is 25.4. The van der Waals surface area contributed by atoms with Gasteiger partial charge in [0.1, 0.15) is 6.61 Å². The molecule has 5 heteroatoms. The first-order valence-electron chi connectivity index (χ1n) is 27.7. The van der Waals surface area contributed by atoms with Crippen molar-refractivity contribution in [1.29, 1.82) is 0 Å². The highest BCUT2D eigenvalue weighted by atomic mass is 16.6. The van der Waals surface area contributed by atoms with Gasteiger partial charge >= 0.3 is 11.9 Å². The molecule has 0 saturated heterocycles. The highest BCUT2D eigenvalue weighted by Crippen LogP contribution is 2.13. The molecule has 0 amide bonds. The molecule has 1 unspecified atom stereocenters. The molecule has 0 aromatic carbocycles. The Bertz CT molecular complexity index is 1430. The van der Waals surface area contributed by atoms with Crippen LogP contribution in [0.15, 0.2) is 134 Å². The van der Waals surface area contributed by atoms with E-state index in [1.54, 1.807) is 0 Å². The number of ether oxygens (including phenoxy) is 3. The Hall–Kier alpha value is -3.96. The first-order chi connectivity index (χ1) is 33.6. The van der Waals surface area contributed by atoms with Crippen molar-refractivity contribution in [3.05, 3.63) is 134 Å². The van der Waals surface area contributed by atoms with Crippen LogP contribution in [0.3, 0.4) is 0 Å². The van der Waals surface area contributed by atoms with E-state index in [4.69, 9.17) is 14.2 Å². The summed E-state index contributed by atoms with van der Waals surface area (Å²) in [5.74, 6) is -0.589. The van der Waals surface area contributed by atoms with E-state index in [1.807, 2.05) is 12.2 Å². The largest absolute Gasteiger partial charge is 0.462 e. The second kappa shape index (κ2) is 57.4. The first-order valence-corrected chi connectivity index (χ1v) is 27.7. The van der Waals surface area contributed by atoms with Crippen molar-refractivity contribution in [2.24, 2.45) is 0 Å². The molecular formula is C63H102O5. The third kappa shape index (κ3) is 54.6. The zero-order valence-corrected chi connectivity index (χ0v) is 44.1. The molecule has 0 aliphatic rings. The molecule has 68 heavy (non-hydrogen) atoms. The first kappa shape index (κ1) is 64.0. The fourth-order valence-corrected chi connectivity index (χ4v) is 7.14. The quantitative estimate of drug-likeness (QED) is 0.0345. The lowest BCUT2D eigenvalue weighted by Crippen LogP contribution is -2.29. The van der Waals surface area contributed by atoms with E-state index in [-0.39, 0.29) is 31.6 Å². The van der Waals surface area contributed by atoms with E-state index in [2.05, 4.69) is 142 Å². The van der Waals surface area contributed by atoms with Crippen LogP contribution >= 0.6 is 0 Å². The van der Waals surface area contributed by atoms with Crippen molar-refractivity contribution in [2.75, 3.05) is 19.8 Å². The highest BCUT2D eigenvalue weighted by Gasteiger charge is 2.17. The summed E-state index contributed by atoms with van der Waals surface area (Å²) in [7, 11) is 0. The van der Waals surface area contributed by atoms with Crippen LogP contribution in [-0.2, 0) is 23.8 Å². The molecular weight excluding hydrogens is 837 g/mol. The van der Waals surface area contributed by atoms with Crippen LogP contribution in [0.25, 0.3) is 0 Å². The zero-order chi connectivity index (χ0) is 49.2. The van der Waals surface area contributed by atoms with E-state index in [0.717, 1.165) is 103 Å². The lowest BCUT2D eigenvalue weighted by Gasteiger charge is -2.18. The molecule has 0 radical (unpaired) electrons. The van der Waals surface area contributed by atoms with Gasteiger partial charge in [-0.2, -0.15) is 0 Å². The molecule has 0 aromatic rings. The molecule has 0 rings (SSSR count). The van der Waals surface area contributed by atoms with Crippen LogP contribution in [-0.4, -0.2) is 37.9 Å². The molecule has 0 bridgehead atoms. The lowest BCUT2D eigenvalue weighted by atomic mass is 10.1. The molecule has 0 fully saturated rings. The van der Waals surface area contributed by atoms with E-state index in [0.29, 0.717) is 13.0 Å². The summed E-state index contributed by atoms with van der Waals surface area (Å²) in [5, 5.41) is 0. The minimum Gasteiger partial charge on any atom is -0.462 e. The molecule has 0 N–H and O–H groups in total. The molecule has 0 aliphatic heterocycles.